The van der Waals surface area contributed by atoms with Crippen LogP contribution in [0.4, 0.5) is 26.3 Å². The molecular formula is C36H31F6N9O3. The Kier molecular flexibility index (Phi) is 11.2. The van der Waals surface area contributed by atoms with Gasteiger partial charge in [-0.15, -0.1) is 20.4 Å². The molecule has 0 saturated heterocycles. The molecule has 0 aliphatic rings. The number of benzene rings is 4. The normalized spacial score (nSPS) is 11.5. The molecule has 0 atom stereocenters. The lowest BCUT2D eigenvalue weighted by atomic mass is 9.96. The summed E-state index contributed by atoms with van der Waals surface area (Å²) in [7, 11) is 6.44. The van der Waals surface area contributed by atoms with Crippen LogP contribution in [0.1, 0.15) is 54.1 Å². The van der Waals surface area contributed by atoms with Gasteiger partial charge in [0.05, 0.1) is 30.8 Å². The van der Waals surface area contributed by atoms with E-state index in [0.717, 1.165) is 24.3 Å². The van der Waals surface area contributed by atoms with E-state index >= 15 is 0 Å². The van der Waals surface area contributed by atoms with Gasteiger partial charge in [0, 0.05) is 30.8 Å². The molecule has 12 nitrogen and oxygen atoms in total. The van der Waals surface area contributed by atoms with Crippen molar-refractivity contribution in [1.29, 1.82) is 0 Å². The lowest BCUT2D eigenvalue weighted by Gasteiger charge is -2.14. The van der Waals surface area contributed by atoms with Gasteiger partial charge < -0.3 is 10.0 Å². The molecule has 2 aromatic heterocycles. The zero-order valence-electron chi connectivity index (χ0n) is 29.1. The molecule has 2 heterocycles. The predicted molar refractivity (Wildman–Crippen MR) is 182 cm³/mol. The number of aromatic nitrogens is 8. The molecule has 0 aliphatic carbocycles. The van der Waals surface area contributed by atoms with Crippen LogP contribution in [0.2, 0.25) is 0 Å². The first-order chi connectivity index (χ1) is 25.4. The molecule has 0 bridgehead atoms. The van der Waals surface area contributed by atoms with Crippen molar-refractivity contribution in [3.8, 4) is 22.8 Å². The Balaban J connectivity index is 0.000000208. The van der Waals surface area contributed by atoms with Crippen LogP contribution in [-0.4, -0.2) is 76.4 Å². The van der Waals surface area contributed by atoms with Gasteiger partial charge in [-0.25, -0.2) is 4.79 Å². The van der Waals surface area contributed by atoms with Crippen molar-refractivity contribution in [3.63, 3.8) is 0 Å². The van der Waals surface area contributed by atoms with Crippen LogP contribution in [0.25, 0.3) is 22.8 Å². The lowest BCUT2D eigenvalue weighted by Crippen LogP contribution is -2.21. The number of alkyl halides is 6. The maximum atomic E-state index is 13.0. The number of aromatic carboxylic acids is 1. The Bertz CT molecular complexity index is 2300. The highest BCUT2D eigenvalue weighted by atomic mass is 19.4. The minimum Gasteiger partial charge on any atom is -0.478 e. The number of rotatable bonds is 8. The molecule has 0 aliphatic heterocycles. The summed E-state index contributed by atoms with van der Waals surface area (Å²) < 4.78 is 77.7. The van der Waals surface area contributed by atoms with E-state index in [1.807, 2.05) is 0 Å². The Morgan fingerprint density at radius 3 is 1.44 bits per heavy atom. The van der Waals surface area contributed by atoms with Crippen molar-refractivity contribution in [1.82, 2.24) is 45.3 Å². The Morgan fingerprint density at radius 2 is 1.07 bits per heavy atom. The molecule has 0 saturated carbocycles. The zero-order chi connectivity index (χ0) is 39.4. The van der Waals surface area contributed by atoms with E-state index in [9.17, 15) is 41.0 Å². The highest BCUT2D eigenvalue weighted by Gasteiger charge is 2.31. The SMILES string of the molecule is CN(C)C(=O)c1ccc(Cc2cccc(C(F)(F)F)c2)c(-c2nnn(C)n2)c1.Cn1nnc(-c2cc(C(=O)O)ccc2Cc2cccc(C(F)(F)F)c2)n1. The molecule has 18 heteroatoms. The number of halogens is 6. The average molecular weight is 752 g/mol. The van der Waals surface area contributed by atoms with Gasteiger partial charge in [0.1, 0.15) is 0 Å². The summed E-state index contributed by atoms with van der Waals surface area (Å²) in [5.74, 6) is -0.813. The third-order valence-electron chi connectivity index (χ3n) is 7.92. The molecule has 6 aromatic rings. The van der Waals surface area contributed by atoms with Crippen molar-refractivity contribution in [2.45, 2.75) is 25.2 Å². The van der Waals surface area contributed by atoms with E-state index < -0.39 is 29.4 Å². The fourth-order valence-corrected chi connectivity index (χ4v) is 5.34. The van der Waals surface area contributed by atoms with Crippen LogP contribution in [0.15, 0.2) is 84.9 Å². The van der Waals surface area contributed by atoms with Gasteiger partial charge >= 0.3 is 18.3 Å². The number of hydrogen-bond acceptors (Lipinski definition) is 8. The number of carbonyl (C=O) groups is 2. The second kappa shape index (κ2) is 15.6. The van der Waals surface area contributed by atoms with Crippen molar-refractivity contribution >= 4 is 11.9 Å². The van der Waals surface area contributed by atoms with Gasteiger partial charge in [-0.2, -0.15) is 35.9 Å². The quantitative estimate of drug-likeness (QED) is 0.175. The third kappa shape index (κ3) is 9.50. The number of hydrogen-bond donors (Lipinski definition) is 1. The van der Waals surface area contributed by atoms with Gasteiger partial charge in [-0.3, -0.25) is 4.79 Å². The summed E-state index contributed by atoms with van der Waals surface area (Å²) in [6.07, 6.45) is -8.45. The van der Waals surface area contributed by atoms with E-state index in [1.54, 1.807) is 64.6 Å². The number of carboxylic acid groups (broad SMARTS) is 1. The van der Waals surface area contributed by atoms with Crippen LogP contribution in [-0.2, 0) is 39.3 Å². The number of amides is 1. The molecule has 6 rings (SSSR count). The van der Waals surface area contributed by atoms with Crippen molar-refractivity contribution in [2.75, 3.05) is 14.1 Å². The van der Waals surface area contributed by atoms with E-state index in [2.05, 4.69) is 30.8 Å². The Labute approximate surface area is 303 Å². The number of carbonyl (C=O) groups excluding carboxylic acids is 1. The van der Waals surface area contributed by atoms with Crippen LogP contribution in [0, 0.1) is 0 Å². The number of aryl methyl sites for hydroxylation is 2. The summed E-state index contributed by atoms with van der Waals surface area (Å²) in [5.41, 5.74) is 2.21. The van der Waals surface area contributed by atoms with Crippen molar-refractivity contribution in [2.24, 2.45) is 14.1 Å². The second-order valence-corrected chi connectivity index (χ2v) is 12.2. The molecule has 54 heavy (non-hydrogen) atoms. The number of tetrazole rings is 2. The Morgan fingerprint density at radius 1 is 0.648 bits per heavy atom. The van der Waals surface area contributed by atoms with Crippen LogP contribution in [0.3, 0.4) is 0 Å². The first kappa shape index (κ1) is 38.8. The fourth-order valence-electron chi connectivity index (χ4n) is 5.34. The van der Waals surface area contributed by atoms with E-state index in [4.69, 9.17) is 0 Å². The molecule has 0 fully saturated rings. The first-order valence-corrected chi connectivity index (χ1v) is 15.9. The number of carboxylic acids is 1. The van der Waals surface area contributed by atoms with E-state index in [0.29, 0.717) is 44.8 Å². The minimum absolute atomic E-state index is 0.0280. The Hall–Kier alpha value is -6.46. The minimum atomic E-state index is -4.43. The highest BCUT2D eigenvalue weighted by molar-refractivity contribution is 5.95. The predicted octanol–water partition coefficient (Wildman–Crippen LogP) is 6.37. The molecule has 1 N–H and O–H groups in total. The molecule has 280 valence electrons. The molecular weight excluding hydrogens is 720 g/mol. The second-order valence-electron chi connectivity index (χ2n) is 12.2. The highest BCUT2D eigenvalue weighted by Crippen LogP contribution is 2.33. The van der Waals surface area contributed by atoms with Gasteiger partial charge in [0.25, 0.3) is 5.91 Å². The zero-order valence-corrected chi connectivity index (χ0v) is 29.1. The van der Waals surface area contributed by atoms with Gasteiger partial charge in [0.2, 0.25) is 11.6 Å². The molecule has 1 amide bonds. The topological polar surface area (TPSA) is 145 Å². The summed E-state index contributed by atoms with van der Waals surface area (Å²) in [6.45, 7) is 0. The summed E-state index contributed by atoms with van der Waals surface area (Å²) in [4.78, 5) is 27.5. The first-order valence-electron chi connectivity index (χ1n) is 15.9. The van der Waals surface area contributed by atoms with Gasteiger partial charge in [-0.1, -0.05) is 48.5 Å². The van der Waals surface area contributed by atoms with Gasteiger partial charge in [-0.05, 0) is 81.9 Å². The molecule has 0 radical (unpaired) electrons. The summed E-state index contributed by atoms with van der Waals surface area (Å²) in [6, 6.07) is 19.5. The van der Waals surface area contributed by atoms with E-state index in [-0.39, 0.29) is 30.1 Å². The standard InChI is InChI=1S/C19H18F3N5O.C17H13F3N4O2/c1-26(2)18(28)14-8-7-13(16(11-14)17-23-25-27(3)24-17)9-12-5-4-6-15(10-12)19(20,21)22;1-24-22-15(21-23-24)14-9-12(16(25)26)6-5-11(14)7-10-3-2-4-13(8-10)17(18,19)20/h4-8,10-11H,9H2,1-3H3;2-6,8-9H,7H2,1H3,(H,25,26). The largest absolute Gasteiger partial charge is 0.478 e. The van der Waals surface area contributed by atoms with Crippen LogP contribution < -0.4 is 0 Å². The molecule has 4 aromatic carbocycles. The smallest absolute Gasteiger partial charge is 0.416 e. The summed E-state index contributed by atoms with van der Waals surface area (Å²) >= 11 is 0. The fraction of sp³-hybridized carbons (Fsp3) is 0.222. The van der Waals surface area contributed by atoms with Crippen LogP contribution in [0.5, 0.6) is 0 Å². The summed E-state index contributed by atoms with van der Waals surface area (Å²) in [5, 5.41) is 32.8. The average Bonchev–Trinajstić information content (AvgIpc) is 3.75. The van der Waals surface area contributed by atoms with E-state index in [1.165, 1.54) is 38.8 Å². The lowest BCUT2D eigenvalue weighted by molar-refractivity contribution is -0.138. The van der Waals surface area contributed by atoms with Crippen LogP contribution >= 0.6 is 0 Å². The molecule has 0 spiro atoms. The van der Waals surface area contributed by atoms with Crippen molar-refractivity contribution < 1.29 is 41.0 Å². The number of nitrogens with zero attached hydrogens (tertiary/aromatic N) is 9. The monoisotopic (exact) mass is 751 g/mol. The van der Waals surface area contributed by atoms with Gasteiger partial charge in [0.15, 0.2) is 0 Å². The van der Waals surface area contributed by atoms with Crippen molar-refractivity contribution in [3.05, 3.63) is 129 Å². The third-order valence-corrected chi connectivity index (χ3v) is 7.92. The molecule has 0 unspecified atom stereocenters. The maximum Gasteiger partial charge on any atom is 0.416 e. The maximum absolute atomic E-state index is 13.0.